The summed E-state index contributed by atoms with van der Waals surface area (Å²) in [6.07, 6.45) is -4.10. The number of alkyl halides is 3. The standard InChI is InChI=1S/C20H20ClF3IN7O2/c1-2-14-16(30-7-5-26-6-8-30)17(34)32-19(28-18(25)29-32)31(14)10-15(33)27-13-4-3-11(9-12(13)21)20(22,23)24/h3-4,9,26H,2,5-8,10H2,1H3,(H,27,33). The van der Waals surface area contributed by atoms with Crippen LogP contribution in [0.1, 0.15) is 18.2 Å². The number of halogens is 5. The van der Waals surface area contributed by atoms with E-state index in [9.17, 15) is 22.8 Å². The van der Waals surface area contributed by atoms with E-state index in [-0.39, 0.29) is 28.6 Å². The van der Waals surface area contributed by atoms with Gasteiger partial charge in [-0.1, -0.05) is 18.5 Å². The molecule has 0 radical (unpaired) electrons. The molecule has 182 valence electrons. The number of hydrogen-bond acceptors (Lipinski definition) is 6. The van der Waals surface area contributed by atoms with Gasteiger partial charge in [-0.3, -0.25) is 9.59 Å². The number of piperazine rings is 1. The van der Waals surface area contributed by atoms with Crippen molar-refractivity contribution < 1.29 is 18.0 Å². The molecule has 1 aromatic carbocycles. The van der Waals surface area contributed by atoms with Gasteiger partial charge in [-0.25, -0.2) is 0 Å². The van der Waals surface area contributed by atoms with Crippen LogP contribution < -0.4 is 21.1 Å². The highest BCUT2D eigenvalue weighted by molar-refractivity contribution is 14.1. The molecule has 0 saturated carbocycles. The second-order valence-corrected chi connectivity index (χ2v) is 8.98. The number of anilines is 2. The van der Waals surface area contributed by atoms with Crippen LogP contribution in [0, 0.1) is 3.83 Å². The molecule has 0 bridgehead atoms. The molecule has 14 heteroatoms. The number of rotatable bonds is 5. The van der Waals surface area contributed by atoms with E-state index in [0.29, 0.717) is 47.8 Å². The third-order valence-electron chi connectivity index (χ3n) is 5.44. The average molecular weight is 610 g/mol. The highest BCUT2D eigenvalue weighted by Crippen LogP contribution is 2.33. The zero-order valence-electron chi connectivity index (χ0n) is 17.9. The van der Waals surface area contributed by atoms with E-state index in [1.54, 1.807) is 4.57 Å². The first-order valence-electron chi connectivity index (χ1n) is 10.4. The lowest BCUT2D eigenvalue weighted by Gasteiger charge is -2.31. The number of benzene rings is 1. The number of nitrogens with one attached hydrogen (secondary N) is 2. The van der Waals surface area contributed by atoms with E-state index < -0.39 is 17.6 Å². The van der Waals surface area contributed by atoms with Crippen molar-refractivity contribution in [3.05, 3.63) is 48.7 Å². The lowest BCUT2D eigenvalue weighted by Crippen LogP contribution is -2.47. The number of amides is 1. The molecular weight excluding hydrogens is 590 g/mol. The quantitative estimate of drug-likeness (QED) is 0.432. The Kier molecular flexibility index (Phi) is 7.05. The molecule has 3 aromatic rings. The highest BCUT2D eigenvalue weighted by Gasteiger charge is 2.31. The third kappa shape index (κ3) is 4.86. The Morgan fingerprint density at radius 3 is 2.62 bits per heavy atom. The second-order valence-electron chi connectivity index (χ2n) is 7.61. The topological polar surface area (TPSA) is 96.6 Å². The summed E-state index contributed by atoms with van der Waals surface area (Å²) in [5.41, 5.74) is -0.0978. The number of carbonyl (C=O) groups excluding carboxylic acids is 1. The Labute approximate surface area is 210 Å². The summed E-state index contributed by atoms with van der Waals surface area (Å²) >= 11 is 7.88. The van der Waals surface area contributed by atoms with Crippen molar-refractivity contribution in [2.75, 3.05) is 36.4 Å². The molecule has 1 amide bonds. The van der Waals surface area contributed by atoms with E-state index in [4.69, 9.17) is 11.6 Å². The van der Waals surface area contributed by atoms with Crippen LogP contribution in [0.25, 0.3) is 5.78 Å². The molecule has 0 unspecified atom stereocenters. The van der Waals surface area contributed by atoms with Gasteiger partial charge in [0, 0.05) is 48.8 Å². The van der Waals surface area contributed by atoms with Crippen LogP contribution in [0.5, 0.6) is 0 Å². The predicted molar refractivity (Wildman–Crippen MR) is 130 cm³/mol. The van der Waals surface area contributed by atoms with Crippen molar-refractivity contribution in [2.45, 2.75) is 26.1 Å². The summed E-state index contributed by atoms with van der Waals surface area (Å²) < 4.78 is 41.9. The van der Waals surface area contributed by atoms with E-state index in [0.717, 1.165) is 18.2 Å². The molecule has 9 nitrogen and oxygen atoms in total. The molecule has 1 aliphatic rings. The van der Waals surface area contributed by atoms with Gasteiger partial charge in [0.1, 0.15) is 12.2 Å². The van der Waals surface area contributed by atoms with Gasteiger partial charge in [0.15, 0.2) is 0 Å². The van der Waals surface area contributed by atoms with Gasteiger partial charge >= 0.3 is 6.18 Å². The lowest BCUT2D eigenvalue weighted by molar-refractivity contribution is -0.137. The molecule has 4 rings (SSSR count). The summed E-state index contributed by atoms with van der Waals surface area (Å²) in [4.78, 5) is 32.5. The number of carbonyl (C=O) groups is 1. The van der Waals surface area contributed by atoms with Gasteiger partial charge in [0.05, 0.1) is 22.0 Å². The van der Waals surface area contributed by atoms with Gasteiger partial charge in [0.25, 0.3) is 5.56 Å². The Bertz CT molecular complexity index is 1300. The van der Waals surface area contributed by atoms with Crippen LogP contribution in [-0.2, 0) is 23.9 Å². The van der Waals surface area contributed by atoms with Gasteiger partial charge < -0.3 is 20.1 Å². The van der Waals surface area contributed by atoms with Crippen molar-refractivity contribution in [1.82, 2.24) is 24.5 Å². The fourth-order valence-corrected chi connectivity index (χ4v) is 4.58. The first kappa shape index (κ1) is 24.7. The van der Waals surface area contributed by atoms with E-state index in [1.807, 2.05) is 34.4 Å². The van der Waals surface area contributed by atoms with Crippen molar-refractivity contribution in [3.63, 3.8) is 0 Å². The predicted octanol–water partition coefficient (Wildman–Crippen LogP) is 2.78. The van der Waals surface area contributed by atoms with Crippen molar-refractivity contribution in [3.8, 4) is 0 Å². The molecule has 1 fully saturated rings. The fourth-order valence-electron chi connectivity index (χ4n) is 3.92. The van der Waals surface area contributed by atoms with Crippen LogP contribution in [0.15, 0.2) is 23.0 Å². The normalized spacial score (nSPS) is 14.6. The Hall–Kier alpha value is -2.39. The molecule has 1 aliphatic heterocycles. The molecule has 1 saturated heterocycles. The van der Waals surface area contributed by atoms with Gasteiger partial charge in [-0.2, -0.15) is 22.7 Å². The maximum absolute atomic E-state index is 13.3. The molecule has 0 aliphatic carbocycles. The number of hydrogen-bond donors (Lipinski definition) is 2. The molecule has 2 aromatic heterocycles. The fraction of sp³-hybridized carbons (Fsp3) is 0.400. The zero-order valence-corrected chi connectivity index (χ0v) is 20.8. The lowest BCUT2D eigenvalue weighted by atomic mass is 10.2. The minimum Gasteiger partial charge on any atom is -0.363 e. The Morgan fingerprint density at radius 1 is 1.29 bits per heavy atom. The number of aromatic nitrogens is 4. The molecular formula is C20H20ClF3IN7O2. The monoisotopic (exact) mass is 609 g/mol. The second kappa shape index (κ2) is 9.70. The largest absolute Gasteiger partial charge is 0.416 e. The van der Waals surface area contributed by atoms with Crippen molar-refractivity contribution in [2.24, 2.45) is 0 Å². The highest BCUT2D eigenvalue weighted by atomic mass is 127. The van der Waals surface area contributed by atoms with Gasteiger partial charge in [-0.05, 0) is 24.6 Å². The first-order valence-corrected chi connectivity index (χ1v) is 11.9. The summed E-state index contributed by atoms with van der Waals surface area (Å²) in [6.45, 7) is 4.29. The van der Waals surface area contributed by atoms with Crippen molar-refractivity contribution in [1.29, 1.82) is 0 Å². The molecule has 0 spiro atoms. The molecule has 34 heavy (non-hydrogen) atoms. The van der Waals surface area contributed by atoms with Gasteiger partial charge in [0.2, 0.25) is 15.5 Å². The van der Waals surface area contributed by atoms with E-state index in [1.165, 1.54) is 4.52 Å². The summed E-state index contributed by atoms with van der Waals surface area (Å²) in [5.74, 6) is -0.329. The zero-order chi connectivity index (χ0) is 24.6. The third-order valence-corrected chi connectivity index (χ3v) is 6.21. The molecule has 3 heterocycles. The van der Waals surface area contributed by atoms with Gasteiger partial charge in [-0.15, -0.1) is 5.10 Å². The van der Waals surface area contributed by atoms with Crippen LogP contribution in [-0.4, -0.2) is 51.3 Å². The summed E-state index contributed by atoms with van der Waals surface area (Å²) in [5, 5.41) is 9.76. The maximum Gasteiger partial charge on any atom is 0.416 e. The average Bonchev–Trinajstić information content (AvgIpc) is 3.18. The van der Waals surface area contributed by atoms with Crippen LogP contribution in [0.4, 0.5) is 24.5 Å². The van der Waals surface area contributed by atoms with Crippen LogP contribution in [0.2, 0.25) is 5.02 Å². The Balaban J connectivity index is 1.72. The minimum absolute atomic E-state index is 0.0492. The summed E-state index contributed by atoms with van der Waals surface area (Å²) in [6, 6.07) is 2.71. The smallest absolute Gasteiger partial charge is 0.363 e. The first-order chi connectivity index (χ1) is 16.1. The molecule has 2 N–H and O–H groups in total. The SMILES string of the molecule is CCc1c(N2CCNCC2)c(=O)n2nc(I)nc2n1CC(=O)Nc1ccc(C(F)(F)F)cc1Cl. The van der Waals surface area contributed by atoms with Crippen molar-refractivity contribution >= 4 is 57.3 Å². The Morgan fingerprint density at radius 2 is 2.00 bits per heavy atom. The summed E-state index contributed by atoms with van der Waals surface area (Å²) in [7, 11) is 0. The maximum atomic E-state index is 13.3. The van der Waals surface area contributed by atoms with Crippen LogP contribution >= 0.6 is 34.2 Å². The number of nitrogens with zero attached hydrogens (tertiary/aromatic N) is 5. The van der Waals surface area contributed by atoms with Crippen LogP contribution in [0.3, 0.4) is 0 Å². The number of fused-ring (bicyclic) bond motifs is 1. The molecule has 0 atom stereocenters. The minimum atomic E-state index is -4.55. The van der Waals surface area contributed by atoms with E-state index in [2.05, 4.69) is 20.7 Å². The van der Waals surface area contributed by atoms with E-state index >= 15 is 0 Å².